The molecule has 122 valence electrons. The van der Waals surface area contributed by atoms with Crippen molar-refractivity contribution in [1.82, 2.24) is 24.8 Å². The number of rotatable bonds is 5. The van der Waals surface area contributed by atoms with Gasteiger partial charge in [-0.3, -0.25) is 14.9 Å². The summed E-state index contributed by atoms with van der Waals surface area (Å²) in [5, 5.41) is 5.92. The van der Waals surface area contributed by atoms with Crippen molar-refractivity contribution in [3.63, 3.8) is 0 Å². The number of pyridine rings is 1. The summed E-state index contributed by atoms with van der Waals surface area (Å²) in [4.78, 5) is 20.1. The maximum absolute atomic E-state index is 4.59. The van der Waals surface area contributed by atoms with Crippen molar-refractivity contribution >= 4 is 22.3 Å². The molecular formula is C17H18N6S. The number of aromatic nitrogens is 4. The van der Waals surface area contributed by atoms with Crippen LogP contribution in [-0.4, -0.2) is 37.9 Å². The second-order valence-electron chi connectivity index (χ2n) is 5.83. The highest BCUT2D eigenvalue weighted by atomic mass is 32.1. The molecule has 4 heterocycles. The predicted molar refractivity (Wildman–Crippen MR) is 94.3 cm³/mol. The molecule has 0 amide bonds. The minimum atomic E-state index is 0.440. The molecule has 24 heavy (non-hydrogen) atoms. The summed E-state index contributed by atoms with van der Waals surface area (Å²) in [6.07, 6.45) is 8.40. The van der Waals surface area contributed by atoms with Gasteiger partial charge in [0.2, 0.25) is 0 Å². The Bertz CT molecular complexity index is 760. The Hall–Kier alpha value is -2.38. The number of hydrogen-bond acceptors (Lipinski definition) is 7. The first-order valence-electron chi connectivity index (χ1n) is 7.97. The molecule has 1 saturated heterocycles. The third-order valence-electron chi connectivity index (χ3n) is 4.14. The van der Waals surface area contributed by atoms with Crippen LogP contribution in [0.15, 0.2) is 48.4 Å². The third kappa shape index (κ3) is 3.58. The summed E-state index contributed by atoms with van der Waals surface area (Å²) in [7, 11) is 0. The Morgan fingerprint density at radius 3 is 2.88 bits per heavy atom. The molecule has 3 aromatic rings. The fourth-order valence-corrected chi connectivity index (χ4v) is 3.48. The van der Waals surface area contributed by atoms with Gasteiger partial charge in [-0.25, -0.2) is 9.97 Å². The van der Waals surface area contributed by atoms with Gasteiger partial charge in [0.15, 0.2) is 10.9 Å². The van der Waals surface area contributed by atoms with Gasteiger partial charge in [-0.2, -0.15) is 0 Å². The number of thiazole rings is 1. The third-order valence-corrected chi connectivity index (χ3v) is 4.83. The van der Waals surface area contributed by atoms with E-state index in [0.29, 0.717) is 5.92 Å². The second-order valence-corrected chi connectivity index (χ2v) is 6.73. The van der Waals surface area contributed by atoms with E-state index in [0.717, 1.165) is 48.4 Å². The Kier molecular flexibility index (Phi) is 4.44. The van der Waals surface area contributed by atoms with E-state index in [1.165, 1.54) is 0 Å². The largest absolute Gasteiger partial charge is 0.315 e. The van der Waals surface area contributed by atoms with E-state index in [1.807, 2.05) is 29.9 Å². The van der Waals surface area contributed by atoms with E-state index in [1.54, 1.807) is 23.7 Å². The van der Waals surface area contributed by atoms with Gasteiger partial charge >= 0.3 is 0 Å². The van der Waals surface area contributed by atoms with Crippen LogP contribution < -0.4 is 5.32 Å². The van der Waals surface area contributed by atoms with Gasteiger partial charge in [0, 0.05) is 36.8 Å². The smallest absolute Gasteiger partial charge is 0.188 e. The van der Waals surface area contributed by atoms with Crippen LogP contribution in [0.25, 0.3) is 0 Å². The molecule has 0 radical (unpaired) electrons. The number of hydrogen-bond donors (Lipinski definition) is 1. The fourth-order valence-electron chi connectivity index (χ4n) is 2.95. The molecule has 0 aliphatic carbocycles. The van der Waals surface area contributed by atoms with E-state index in [9.17, 15) is 0 Å². The zero-order valence-electron chi connectivity index (χ0n) is 13.2. The number of nitrogens with zero attached hydrogens (tertiary/aromatic N) is 5. The zero-order chi connectivity index (χ0) is 16.2. The minimum absolute atomic E-state index is 0.440. The molecule has 1 fully saturated rings. The average molecular weight is 338 g/mol. The normalized spacial score (nSPS) is 17.9. The molecule has 3 aromatic heterocycles. The van der Waals surface area contributed by atoms with Crippen LogP contribution in [0.4, 0.5) is 10.9 Å². The first-order chi connectivity index (χ1) is 11.9. The van der Waals surface area contributed by atoms with Crippen molar-refractivity contribution in [2.45, 2.75) is 18.9 Å². The number of nitrogens with one attached hydrogen (secondary N) is 1. The van der Waals surface area contributed by atoms with Crippen LogP contribution in [-0.2, 0) is 6.54 Å². The van der Waals surface area contributed by atoms with Crippen molar-refractivity contribution in [1.29, 1.82) is 0 Å². The molecule has 7 heteroatoms. The van der Waals surface area contributed by atoms with Gasteiger partial charge in [-0.1, -0.05) is 6.07 Å². The topological polar surface area (TPSA) is 66.8 Å². The zero-order valence-corrected chi connectivity index (χ0v) is 14.0. The van der Waals surface area contributed by atoms with Crippen molar-refractivity contribution in [3.8, 4) is 0 Å². The predicted octanol–water partition coefficient (Wildman–Crippen LogP) is 3.06. The van der Waals surface area contributed by atoms with E-state index >= 15 is 0 Å². The monoisotopic (exact) mass is 338 g/mol. The van der Waals surface area contributed by atoms with Gasteiger partial charge in [0.05, 0.1) is 23.8 Å². The van der Waals surface area contributed by atoms with Crippen LogP contribution in [0.2, 0.25) is 0 Å². The van der Waals surface area contributed by atoms with Crippen LogP contribution in [0.1, 0.15) is 23.7 Å². The molecule has 0 bridgehead atoms. The van der Waals surface area contributed by atoms with Gasteiger partial charge in [-0.15, -0.1) is 11.3 Å². The highest BCUT2D eigenvalue weighted by molar-refractivity contribution is 7.13. The fraction of sp³-hybridized carbons (Fsp3) is 0.294. The Labute approximate surface area is 144 Å². The van der Waals surface area contributed by atoms with Gasteiger partial charge in [0.25, 0.3) is 0 Å². The van der Waals surface area contributed by atoms with Gasteiger partial charge < -0.3 is 5.32 Å². The molecular weight excluding hydrogens is 320 g/mol. The molecule has 4 rings (SSSR count). The maximum Gasteiger partial charge on any atom is 0.188 e. The van der Waals surface area contributed by atoms with E-state index in [-0.39, 0.29) is 0 Å². The molecule has 0 aromatic carbocycles. The Morgan fingerprint density at radius 2 is 2.12 bits per heavy atom. The van der Waals surface area contributed by atoms with E-state index < -0.39 is 0 Å². The lowest BCUT2D eigenvalue weighted by Gasteiger charge is -2.15. The molecule has 1 N–H and O–H groups in total. The van der Waals surface area contributed by atoms with Gasteiger partial charge in [0.1, 0.15) is 0 Å². The van der Waals surface area contributed by atoms with Gasteiger partial charge in [-0.05, 0) is 25.1 Å². The molecule has 0 spiro atoms. The van der Waals surface area contributed by atoms with Crippen molar-refractivity contribution in [3.05, 3.63) is 59.8 Å². The highest BCUT2D eigenvalue weighted by Gasteiger charge is 2.25. The summed E-state index contributed by atoms with van der Waals surface area (Å²) >= 11 is 1.55. The first kappa shape index (κ1) is 15.2. The van der Waals surface area contributed by atoms with Crippen molar-refractivity contribution in [2.24, 2.45) is 0 Å². The number of anilines is 2. The quantitative estimate of drug-likeness (QED) is 0.771. The van der Waals surface area contributed by atoms with Crippen molar-refractivity contribution in [2.75, 3.05) is 18.4 Å². The molecule has 1 atom stereocenters. The number of likely N-dealkylation sites (tertiary alicyclic amines) is 1. The van der Waals surface area contributed by atoms with E-state index in [4.69, 9.17) is 0 Å². The molecule has 1 aliphatic rings. The summed E-state index contributed by atoms with van der Waals surface area (Å²) in [6, 6.07) is 6.06. The first-order valence-corrected chi connectivity index (χ1v) is 8.85. The van der Waals surface area contributed by atoms with Crippen molar-refractivity contribution < 1.29 is 0 Å². The lowest BCUT2D eigenvalue weighted by Crippen LogP contribution is -2.20. The molecule has 0 saturated carbocycles. The average Bonchev–Trinajstić information content (AvgIpc) is 3.29. The summed E-state index contributed by atoms with van der Waals surface area (Å²) in [6.45, 7) is 2.97. The Morgan fingerprint density at radius 1 is 1.12 bits per heavy atom. The molecule has 1 unspecified atom stereocenters. The van der Waals surface area contributed by atoms with Crippen LogP contribution in [0.5, 0.6) is 0 Å². The SMILES string of the molecule is c1ccc(CN2CCC(c3cnc(Nc4nccs4)cn3)C2)nc1. The van der Waals surface area contributed by atoms with E-state index in [2.05, 4.69) is 36.2 Å². The second kappa shape index (κ2) is 7.02. The summed E-state index contributed by atoms with van der Waals surface area (Å²) in [5.74, 6) is 1.17. The van der Waals surface area contributed by atoms with Crippen LogP contribution >= 0.6 is 11.3 Å². The van der Waals surface area contributed by atoms with Crippen LogP contribution in [0, 0.1) is 0 Å². The van der Waals surface area contributed by atoms with Crippen LogP contribution in [0.3, 0.4) is 0 Å². The lowest BCUT2D eigenvalue weighted by atomic mass is 10.1. The summed E-state index contributed by atoms with van der Waals surface area (Å²) < 4.78 is 0. The summed E-state index contributed by atoms with van der Waals surface area (Å²) in [5.41, 5.74) is 2.18. The Balaban J connectivity index is 1.36. The highest BCUT2D eigenvalue weighted by Crippen LogP contribution is 2.27. The minimum Gasteiger partial charge on any atom is -0.315 e. The lowest BCUT2D eigenvalue weighted by molar-refractivity contribution is 0.322. The molecule has 1 aliphatic heterocycles. The molecule has 6 nitrogen and oxygen atoms in total. The maximum atomic E-state index is 4.59. The standard InChI is InChI=1S/C17H18N6S/c1-2-5-18-14(3-1)12-23-7-4-13(11-23)15-9-21-16(10-20-15)22-17-19-6-8-24-17/h1-3,5-6,8-10,13H,4,7,11-12H2,(H,19,21,22).